The Morgan fingerprint density at radius 3 is 2.54 bits per heavy atom. The van der Waals surface area contributed by atoms with Crippen molar-refractivity contribution < 1.29 is 14.3 Å². The topological polar surface area (TPSA) is 72.5 Å². The molecule has 0 aliphatic heterocycles. The van der Waals surface area contributed by atoms with Crippen molar-refractivity contribution in [3.63, 3.8) is 0 Å². The Morgan fingerprint density at radius 2 is 1.92 bits per heavy atom. The monoisotopic (exact) mass is 329 g/mol. The highest BCUT2D eigenvalue weighted by Crippen LogP contribution is 2.19. The zero-order valence-electron chi connectivity index (χ0n) is 14.4. The summed E-state index contributed by atoms with van der Waals surface area (Å²) in [7, 11) is 1.65. The van der Waals surface area contributed by atoms with Gasteiger partial charge in [-0.1, -0.05) is 18.2 Å². The van der Waals surface area contributed by atoms with Gasteiger partial charge in [0.05, 0.1) is 19.0 Å². The Hall–Kier alpha value is -2.76. The second kappa shape index (κ2) is 7.68. The Bertz CT molecular complexity index is 679. The minimum atomic E-state index is -0.541. The number of para-hydroxylation sites is 1. The van der Waals surface area contributed by atoms with E-state index < -0.39 is 11.7 Å². The standard InChI is InChI=1S/C18H23N3O3/c1-18(2,3)24-17(22)21-16-10-9-14(12-20-16)19-11-13-7-5-6-8-15(13)23-4/h5-10,12,19H,11H2,1-4H3,(H,20,21,22). The molecule has 0 aliphatic carbocycles. The number of aromatic nitrogens is 1. The van der Waals surface area contributed by atoms with E-state index in [1.165, 1.54) is 0 Å². The van der Waals surface area contributed by atoms with Crippen LogP contribution < -0.4 is 15.4 Å². The maximum absolute atomic E-state index is 11.7. The van der Waals surface area contributed by atoms with Gasteiger partial charge in [0.1, 0.15) is 17.2 Å². The fourth-order valence-corrected chi connectivity index (χ4v) is 2.03. The fraction of sp³-hybridized carbons (Fsp3) is 0.333. The van der Waals surface area contributed by atoms with Crippen molar-refractivity contribution in [2.45, 2.75) is 32.9 Å². The van der Waals surface area contributed by atoms with E-state index in [1.807, 2.05) is 51.1 Å². The summed E-state index contributed by atoms with van der Waals surface area (Å²) in [6, 6.07) is 11.4. The van der Waals surface area contributed by atoms with E-state index in [0.717, 1.165) is 17.0 Å². The normalized spacial score (nSPS) is 10.8. The number of rotatable bonds is 5. The number of nitrogens with zero attached hydrogens (tertiary/aromatic N) is 1. The van der Waals surface area contributed by atoms with Crippen molar-refractivity contribution in [3.05, 3.63) is 48.2 Å². The maximum Gasteiger partial charge on any atom is 0.413 e. The van der Waals surface area contributed by atoms with E-state index in [0.29, 0.717) is 12.4 Å². The molecule has 0 saturated carbocycles. The molecule has 2 N–H and O–H groups in total. The van der Waals surface area contributed by atoms with Gasteiger partial charge in [-0.15, -0.1) is 0 Å². The lowest BCUT2D eigenvalue weighted by molar-refractivity contribution is 0.0635. The first kappa shape index (κ1) is 17.6. The van der Waals surface area contributed by atoms with Crippen molar-refractivity contribution in [1.82, 2.24) is 4.98 Å². The molecule has 0 spiro atoms. The van der Waals surface area contributed by atoms with Crippen molar-refractivity contribution >= 4 is 17.6 Å². The molecule has 1 aromatic carbocycles. The van der Waals surface area contributed by atoms with E-state index in [1.54, 1.807) is 19.4 Å². The van der Waals surface area contributed by atoms with Crippen LogP contribution in [0.1, 0.15) is 26.3 Å². The van der Waals surface area contributed by atoms with E-state index in [-0.39, 0.29) is 0 Å². The number of amides is 1. The van der Waals surface area contributed by atoms with Crippen LogP contribution in [0, 0.1) is 0 Å². The molecule has 2 rings (SSSR count). The van der Waals surface area contributed by atoms with E-state index in [9.17, 15) is 4.79 Å². The summed E-state index contributed by atoms with van der Waals surface area (Å²) >= 11 is 0. The van der Waals surface area contributed by atoms with E-state index in [2.05, 4.69) is 15.6 Å². The molecule has 1 heterocycles. The Morgan fingerprint density at radius 1 is 1.17 bits per heavy atom. The Kier molecular flexibility index (Phi) is 5.63. The molecule has 0 radical (unpaired) electrons. The molecule has 6 heteroatoms. The molecule has 0 unspecified atom stereocenters. The summed E-state index contributed by atoms with van der Waals surface area (Å²) in [5, 5.41) is 5.87. The van der Waals surface area contributed by atoms with Crippen molar-refractivity contribution in [2.75, 3.05) is 17.7 Å². The van der Waals surface area contributed by atoms with Gasteiger partial charge in [-0.2, -0.15) is 0 Å². The van der Waals surface area contributed by atoms with Gasteiger partial charge in [-0.05, 0) is 39.0 Å². The van der Waals surface area contributed by atoms with Crippen LogP contribution in [0.5, 0.6) is 5.75 Å². The van der Waals surface area contributed by atoms with Gasteiger partial charge in [0.25, 0.3) is 0 Å². The van der Waals surface area contributed by atoms with Crippen LogP contribution in [0.15, 0.2) is 42.6 Å². The SMILES string of the molecule is COc1ccccc1CNc1ccc(NC(=O)OC(C)(C)C)nc1. The number of hydrogen-bond donors (Lipinski definition) is 2. The van der Waals surface area contributed by atoms with Crippen LogP contribution in [-0.2, 0) is 11.3 Å². The molecule has 128 valence electrons. The second-order valence-electron chi connectivity index (χ2n) is 6.22. The van der Waals surface area contributed by atoms with Gasteiger partial charge >= 0.3 is 6.09 Å². The first-order valence-corrected chi connectivity index (χ1v) is 7.69. The van der Waals surface area contributed by atoms with Crippen molar-refractivity contribution in [1.29, 1.82) is 0 Å². The minimum absolute atomic E-state index is 0.437. The summed E-state index contributed by atoms with van der Waals surface area (Å²) in [6.45, 7) is 6.05. The molecular weight excluding hydrogens is 306 g/mol. The number of ether oxygens (including phenoxy) is 2. The average Bonchev–Trinajstić information content (AvgIpc) is 2.52. The molecule has 6 nitrogen and oxygen atoms in total. The first-order valence-electron chi connectivity index (χ1n) is 7.69. The third kappa shape index (κ3) is 5.46. The Labute approximate surface area is 142 Å². The molecule has 0 bridgehead atoms. The number of benzene rings is 1. The number of methoxy groups -OCH3 is 1. The number of anilines is 2. The molecule has 1 aromatic heterocycles. The zero-order valence-corrected chi connectivity index (χ0v) is 14.4. The molecule has 2 aromatic rings. The molecule has 24 heavy (non-hydrogen) atoms. The number of carbonyl (C=O) groups is 1. The molecule has 0 saturated heterocycles. The van der Waals surface area contributed by atoms with Gasteiger partial charge in [0.15, 0.2) is 0 Å². The highest BCUT2D eigenvalue weighted by molar-refractivity contribution is 5.83. The molecule has 1 amide bonds. The number of pyridine rings is 1. The lowest BCUT2D eigenvalue weighted by Gasteiger charge is -2.19. The number of nitrogens with one attached hydrogen (secondary N) is 2. The number of hydrogen-bond acceptors (Lipinski definition) is 5. The maximum atomic E-state index is 11.7. The quantitative estimate of drug-likeness (QED) is 0.866. The molecular formula is C18H23N3O3. The minimum Gasteiger partial charge on any atom is -0.496 e. The third-order valence-electron chi connectivity index (χ3n) is 3.07. The van der Waals surface area contributed by atoms with E-state index in [4.69, 9.17) is 9.47 Å². The molecule has 0 atom stereocenters. The van der Waals surface area contributed by atoms with Gasteiger partial charge in [0, 0.05) is 12.1 Å². The van der Waals surface area contributed by atoms with Crippen LogP contribution in [0.3, 0.4) is 0 Å². The van der Waals surface area contributed by atoms with Gasteiger partial charge in [-0.3, -0.25) is 5.32 Å². The Balaban J connectivity index is 1.91. The predicted molar refractivity (Wildman–Crippen MR) is 94.4 cm³/mol. The summed E-state index contributed by atoms with van der Waals surface area (Å²) < 4.78 is 10.5. The van der Waals surface area contributed by atoms with Gasteiger partial charge < -0.3 is 14.8 Å². The summed E-state index contributed by atoms with van der Waals surface area (Å²) in [4.78, 5) is 15.9. The van der Waals surface area contributed by atoms with Crippen LogP contribution in [0.2, 0.25) is 0 Å². The predicted octanol–water partition coefficient (Wildman–Crippen LogP) is 4.05. The van der Waals surface area contributed by atoms with Gasteiger partial charge in [-0.25, -0.2) is 9.78 Å². The van der Waals surface area contributed by atoms with Crippen molar-refractivity contribution in [3.8, 4) is 5.75 Å². The lowest BCUT2D eigenvalue weighted by Crippen LogP contribution is -2.27. The van der Waals surface area contributed by atoms with Crippen molar-refractivity contribution in [2.24, 2.45) is 0 Å². The highest BCUT2D eigenvalue weighted by Gasteiger charge is 2.16. The summed E-state index contributed by atoms with van der Waals surface area (Å²) in [5.74, 6) is 1.27. The lowest BCUT2D eigenvalue weighted by atomic mass is 10.2. The smallest absolute Gasteiger partial charge is 0.413 e. The van der Waals surface area contributed by atoms with Crippen LogP contribution in [0.25, 0.3) is 0 Å². The second-order valence-corrected chi connectivity index (χ2v) is 6.22. The van der Waals surface area contributed by atoms with Crippen LogP contribution in [-0.4, -0.2) is 23.8 Å². The third-order valence-corrected chi connectivity index (χ3v) is 3.07. The largest absolute Gasteiger partial charge is 0.496 e. The zero-order chi connectivity index (χ0) is 17.6. The fourth-order valence-electron chi connectivity index (χ4n) is 2.03. The first-order chi connectivity index (χ1) is 11.4. The summed E-state index contributed by atoms with van der Waals surface area (Å²) in [6.07, 6.45) is 1.13. The molecule has 0 fully saturated rings. The average molecular weight is 329 g/mol. The van der Waals surface area contributed by atoms with Gasteiger partial charge in [0.2, 0.25) is 0 Å². The summed E-state index contributed by atoms with van der Waals surface area (Å²) in [5.41, 5.74) is 1.35. The van der Waals surface area contributed by atoms with Crippen LogP contribution >= 0.6 is 0 Å². The highest BCUT2D eigenvalue weighted by atomic mass is 16.6. The molecule has 0 aliphatic rings. The van der Waals surface area contributed by atoms with E-state index >= 15 is 0 Å². The number of carbonyl (C=O) groups excluding carboxylic acids is 1. The van der Waals surface area contributed by atoms with Crippen LogP contribution in [0.4, 0.5) is 16.3 Å².